The third kappa shape index (κ3) is 4.04. The van der Waals surface area contributed by atoms with Crippen molar-refractivity contribution in [3.63, 3.8) is 0 Å². The predicted octanol–water partition coefficient (Wildman–Crippen LogP) is 5.79. The first kappa shape index (κ1) is 15.9. The second-order valence-corrected chi connectivity index (χ2v) is 7.29. The van der Waals surface area contributed by atoms with Gasteiger partial charge in [0.15, 0.2) is 0 Å². The summed E-state index contributed by atoms with van der Waals surface area (Å²) in [6.07, 6.45) is 5.59. The molecule has 1 heterocycles. The Balaban J connectivity index is 1.71. The van der Waals surface area contributed by atoms with E-state index in [0.29, 0.717) is 11.8 Å². The lowest BCUT2D eigenvalue weighted by molar-refractivity contribution is 0.577. The number of nitrogens with one attached hydrogen (secondary N) is 1. The van der Waals surface area contributed by atoms with Crippen molar-refractivity contribution in [2.45, 2.75) is 40.0 Å². The fourth-order valence-electron chi connectivity index (χ4n) is 3.46. The van der Waals surface area contributed by atoms with Crippen molar-refractivity contribution < 1.29 is 0 Å². The molecule has 1 heteroatoms. The Kier molecular flexibility index (Phi) is 4.85. The van der Waals surface area contributed by atoms with Crippen LogP contribution in [-0.4, -0.2) is 4.98 Å². The number of fused-ring (bicyclic) bond motifs is 1. The Bertz CT molecular complexity index is 752. The normalized spacial score (nSPS) is 12.9. The summed E-state index contributed by atoms with van der Waals surface area (Å²) in [6.45, 7) is 6.90. The molecule has 0 saturated carbocycles. The first-order chi connectivity index (χ1) is 11.1. The molecule has 0 saturated heterocycles. The van der Waals surface area contributed by atoms with Crippen molar-refractivity contribution in [2.75, 3.05) is 0 Å². The number of hydrogen-bond acceptors (Lipinski definition) is 0. The number of aromatic amines is 1. The van der Waals surface area contributed by atoms with Crippen LogP contribution in [0.4, 0.5) is 0 Å². The van der Waals surface area contributed by atoms with Crippen molar-refractivity contribution in [1.82, 2.24) is 4.98 Å². The minimum Gasteiger partial charge on any atom is -0.361 e. The molecule has 0 aliphatic rings. The molecule has 0 radical (unpaired) electrons. The van der Waals surface area contributed by atoms with Gasteiger partial charge in [-0.1, -0.05) is 63.2 Å². The Morgan fingerprint density at radius 2 is 1.57 bits per heavy atom. The van der Waals surface area contributed by atoms with E-state index in [1.54, 1.807) is 0 Å². The van der Waals surface area contributed by atoms with Gasteiger partial charge in [0.25, 0.3) is 0 Å². The molecule has 1 atom stereocenters. The summed E-state index contributed by atoms with van der Waals surface area (Å²) < 4.78 is 0. The first-order valence-corrected chi connectivity index (χ1v) is 8.74. The molecule has 2 aromatic carbocycles. The average molecular weight is 305 g/mol. The summed E-state index contributed by atoms with van der Waals surface area (Å²) in [7, 11) is 0. The lowest BCUT2D eigenvalue weighted by Gasteiger charge is -2.12. The number of hydrogen-bond donors (Lipinski definition) is 1. The molecule has 120 valence electrons. The van der Waals surface area contributed by atoms with Gasteiger partial charge in [0.1, 0.15) is 0 Å². The van der Waals surface area contributed by atoms with Crippen LogP contribution in [0.1, 0.15) is 37.5 Å². The Hall–Kier alpha value is -2.02. The SMILES string of the molecule is CC(C)Cc1c[nH]c2cc(CC(C)Cc3ccccc3)ccc12. The first-order valence-electron chi connectivity index (χ1n) is 8.74. The highest BCUT2D eigenvalue weighted by atomic mass is 14.7. The van der Waals surface area contributed by atoms with Gasteiger partial charge in [-0.25, -0.2) is 0 Å². The predicted molar refractivity (Wildman–Crippen MR) is 99.9 cm³/mol. The molecule has 1 unspecified atom stereocenters. The second kappa shape index (κ2) is 7.04. The van der Waals surface area contributed by atoms with Crippen molar-refractivity contribution in [3.05, 3.63) is 71.4 Å². The Morgan fingerprint density at radius 3 is 2.30 bits per heavy atom. The molecular formula is C22H27N. The van der Waals surface area contributed by atoms with Crippen LogP contribution in [0, 0.1) is 11.8 Å². The monoisotopic (exact) mass is 305 g/mol. The molecule has 0 aliphatic heterocycles. The minimum atomic E-state index is 0.653. The van der Waals surface area contributed by atoms with Gasteiger partial charge in [0.2, 0.25) is 0 Å². The van der Waals surface area contributed by atoms with E-state index in [2.05, 4.69) is 80.5 Å². The van der Waals surface area contributed by atoms with E-state index < -0.39 is 0 Å². The highest BCUT2D eigenvalue weighted by Gasteiger charge is 2.09. The molecule has 0 amide bonds. The van der Waals surface area contributed by atoms with E-state index in [0.717, 1.165) is 19.3 Å². The fraction of sp³-hybridized carbons (Fsp3) is 0.364. The smallest absolute Gasteiger partial charge is 0.0459 e. The summed E-state index contributed by atoms with van der Waals surface area (Å²) in [5, 5.41) is 1.39. The molecular weight excluding hydrogens is 278 g/mol. The molecule has 3 aromatic rings. The third-order valence-corrected chi connectivity index (χ3v) is 4.47. The molecule has 1 nitrogen and oxygen atoms in total. The standard InChI is InChI=1S/C22H27N/c1-16(2)11-20-15-23-22-14-19(9-10-21(20)22)13-17(3)12-18-7-5-4-6-8-18/h4-10,14-17,23H,11-13H2,1-3H3. The largest absolute Gasteiger partial charge is 0.361 e. The molecule has 1 aromatic heterocycles. The summed E-state index contributed by atoms with van der Waals surface area (Å²) in [4.78, 5) is 3.46. The van der Waals surface area contributed by atoms with Crippen molar-refractivity contribution >= 4 is 10.9 Å². The van der Waals surface area contributed by atoms with Crippen LogP contribution in [0.15, 0.2) is 54.7 Å². The maximum absolute atomic E-state index is 3.46. The van der Waals surface area contributed by atoms with E-state index >= 15 is 0 Å². The van der Waals surface area contributed by atoms with Gasteiger partial charge in [0, 0.05) is 17.1 Å². The zero-order chi connectivity index (χ0) is 16.2. The van der Waals surface area contributed by atoms with E-state index in [9.17, 15) is 0 Å². The van der Waals surface area contributed by atoms with Crippen molar-refractivity contribution in [3.8, 4) is 0 Å². The lowest BCUT2D eigenvalue weighted by Crippen LogP contribution is -2.03. The minimum absolute atomic E-state index is 0.653. The molecule has 0 aliphatic carbocycles. The molecule has 1 N–H and O–H groups in total. The van der Waals surface area contributed by atoms with Gasteiger partial charge in [0.05, 0.1) is 0 Å². The number of H-pyrrole nitrogens is 1. The van der Waals surface area contributed by atoms with Crippen LogP contribution in [-0.2, 0) is 19.3 Å². The highest BCUT2D eigenvalue weighted by molar-refractivity contribution is 5.83. The third-order valence-electron chi connectivity index (χ3n) is 4.47. The number of rotatable bonds is 6. The average Bonchev–Trinajstić information content (AvgIpc) is 2.90. The highest BCUT2D eigenvalue weighted by Crippen LogP contribution is 2.24. The summed E-state index contributed by atoms with van der Waals surface area (Å²) in [5.74, 6) is 1.35. The van der Waals surface area contributed by atoms with Gasteiger partial charge < -0.3 is 4.98 Å². The maximum Gasteiger partial charge on any atom is 0.0459 e. The van der Waals surface area contributed by atoms with Crippen molar-refractivity contribution in [1.29, 1.82) is 0 Å². The fourth-order valence-corrected chi connectivity index (χ4v) is 3.46. The van der Waals surface area contributed by atoms with Crippen LogP contribution in [0.25, 0.3) is 10.9 Å². The van der Waals surface area contributed by atoms with Crippen LogP contribution in [0.5, 0.6) is 0 Å². The topological polar surface area (TPSA) is 15.8 Å². The van der Waals surface area contributed by atoms with Gasteiger partial charge >= 0.3 is 0 Å². The number of aromatic nitrogens is 1. The zero-order valence-electron chi connectivity index (χ0n) is 14.5. The molecule has 3 rings (SSSR count). The van der Waals surface area contributed by atoms with E-state index in [1.807, 2.05) is 0 Å². The molecule has 0 bridgehead atoms. The Morgan fingerprint density at radius 1 is 0.826 bits per heavy atom. The van der Waals surface area contributed by atoms with Crippen LogP contribution in [0.2, 0.25) is 0 Å². The Labute approximate surface area is 139 Å². The van der Waals surface area contributed by atoms with Crippen molar-refractivity contribution in [2.24, 2.45) is 11.8 Å². The molecule has 23 heavy (non-hydrogen) atoms. The van der Waals surface area contributed by atoms with E-state index in [1.165, 1.54) is 27.6 Å². The van der Waals surface area contributed by atoms with Crippen LogP contribution in [0.3, 0.4) is 0 Å². The van der Waals surface area contributed by atoms with Crippen LogP contribution >= 0.6 is 0 Å². The quantitative estimate of drug-likeness (QED) is 0.593. The van der Waals surface area contributed by atoms with Gasteiger partial charge in [-0.05, 0) is 53.9 Å². The number of benzene rings is 2. The maximum atomic E-state index is 3.46. The van der Waals surface area contributed by atoms with Gasteiger partial charge in [-0.2, -0.15) is 0 Å². The zero-order valence-corrected chi connectivity index (χ0v) is 14.5. The summed E-state index contributed by atoms with van der Waals surface area (Å²) in [5.41, 5.74) is 5.59. The van der Waals surface area contributed by atoms with E-state index in [4.69, 9.17) is 0 Å². The summed E-state index contributed by atoms with van der Waals surface area (Å²) in [6, 6.07) is 17.7. The van der Waals surface area contributed by atoms with Gasteiger partial charge in [-0.3, -0.25) is 0 Å². The van der Waals surface area contributed by atoms with E-state index in [-0.39, 0.29) is 0 Å². The molecule has 0 fully saturated rings. The van der Waals surface area contributed by atoms with Gasteiger partial charge in [-0.15, -0.1) is 0 Å². The molecule has 0 spiro atoms. The summed E-state index contributed by atoms with van der Waals surface area (Å²) >= 11 is 0. The van der Waals surface area contributed by atoms with Crippen LogP contribution < -0.4 is 0 Å². The lowest BCUT2D eigenvalue weighted by atomic mass is 9.93. The second-order valence-electron chi connectivity index (χ2n) is 7.29.